The molecule has 2 aliphatic carbocycles. The summed E-state index contributed by atoms with van der Waals surface area (Å²) in [4.78, 5) is 0. The molecule has 2 aliphatic rings. The van der Waals surface area contributed by atoms with Crippen molar-refractivity contribution in [3.8, 4) is 0 Å². The molecule has 0 aromatic carbocycles. The molecule has 88 valence electrons. The quantitative estimate of drug-likeness (QED) is 0.726. The SMILES string of the molecule is CCOC1CC(NC(C)C2CC2)C1OC. The highest BCUT2D eigenvalue weighted by Gasteiger charge is 2.43. The number of ether oxygens (including phenoxy) is 2. The summed E-state index contributed by atoms with van der Waals surface area (Å²) in [5.41, 5.74) is 0. The maximum atomic E-state index is 5.60. The molecule has 0 heterocycles. The van der Waals surface area contributed by atoms with Crippen LogP contribution < -0.4 is 5.32 Å². The Morgan fingerprint density at radius 3 is 2.67 bits per heavy atom. The molecule has 3 heteroatoms. The molecule has 0 saturated heterocycles. The average molecular weight is 213 g/mol. The van der Waals surface area contributed by atoms with Gasteiger partial charge in [0.1, 0.15) is 0 Å². The third-order valence-electron chi connectivity index (χ3n) is 3.71. The molecule has 2 saturated carbocycles. The Morgan fingerprint density at radius 1 is 1.40 bits per heavy atom. The van der Waals surface area contributed by atoms with Crippen LogP contribution in [0, 0.1) is 5.92 Å². The van der Waals surface area contributed by atoms with Crippen LogP contribution in [0.4, 0.5) is 0 Å². The molecule has 0 bridgehead atoms. The lowest BCUT2D eigenvalue weighted by Crippen LogP contribution is -2.61. The van der Waals surface area contributed by atoms with E-state index in [4.69, 9.17) is 9.47 Å². The number of hydrogen-bond acceptors (Lipinski definition) is 3. The van der Waals surface area contributed by atoms with Crippen molar-refractivity contribution in [1.82, 2.24) is 5.32 Å². The highest BCUT2D eigenvalue weighted by Crippen LogP contribution is 2.34. The summed E-state index contributed by atoms with van der Waals surface area (Å²) in [6.07, 6.45) is 4.46. The summed E-state index contributed by atoms with van der Waals surface area (Å²) in [6.45, 7) is 5.12. The van der Waals surface area contributed by atoms with Gasteiger partial charge in [-0.05, 0) is 39.0 Å². The highest BCUT2D eigenvalue weighted by molar-refractivity contribution is 4.99. The van der Waals surface area contributed by atoms with Gasteiger partial charge in [0.2, 0.25) is 0 Å². The van der Waals surface area contributed by atoms with Gasteiger partial charge in [-0.1, -0.05) is 0 Å². The molecule has 0 aromatic heterocycles. The Morgan fingerprint density at radius 2 is 2.13 bits per heavy atom. The Bertz CT molecular complexity index is 206. The van der Waals surface area contributed by atoms with Crippen molar-refractivity contribution in [2.45, 2.75) is 57.4 Å². The van der Waals surface area contributed by atoms with Gasteiger partial charge in [0, 0.05) is 25.8 Å². The third-order valence-corrected chi connectivity index (χ3v) is 3.71. The zero-order valence-corrected chi connectivity index (χ0v) is 10.0. The summed E-state index contributed by atoms with van der Waals surface area (Å²) in [6, 6.07) is 1.15. The molecule has 4 atom stereocenters. The van der Waals surface area contributed by atoms with Crippen molar-refractivity contribution in [1.29, 1.82) is 0 Å². The van der Waals surface area contributed by atoms with E-state index in [1.165, 1.54) is 12.8 Å². The van der Waals surface area contributed by atoms with E-state index in [2.05, 4.69) is 12.2 Å². The minimum absolute atomic E-state index is 0.256. The van der Waals surface area contributed by atoms with Crippen LogP contribution in [0.3, 0.4) is 0 Å². The van der Waals surface area contributed by atoms with Gasteiger partial charge in [0.05, 0.1) is 12.2 Å². The number of rotatable bonds is 6. The lowest BCUT2D eigenvalue weighted by atomic mass is 9.84. The zero-order valence-electron chi connectivity index (χ0n) is 10.0. The molecule has 3 nitrogen and oxygen atoms in total. The van der Waals surface area contributed by atoms with Gasteiger partial charge in [-0.25, -0.2) is 0 Å². The number of hydrogen-bond donors (Lipinski definition) is 1. The molecule has 15 heavy (non-hydrogen) atoms. The first kappa shape index (κ1) is 11.4. The second-order valence-corrected chi connectivity index (χ2v) is 4.83. The van der Waals surface area contributed by atoms with Crippen molar-refractivity contribution in [2.24, 2.45) is 5.92 Å². The average Bonchev–Trinajstić information content (AvgIpc) is 2.99. The number of methoxy groups -OCH3 is 1. The standard InChI is InChI=1S/C12H23NO2/c1-4-15-11-7-10(12(11)14-3)13-8(2)9-5-6-9/h8-13H,4-7H2,1-3H3. The molecule has 0 radical (unpaired) electrons. The molecule has 0 amide bonds. The molecule has 2 fully saturated rings. The number of nitrogens with one attached hydrogen (secondary N) is 1. The van der Waals surface area contributed by atoms with E-state index < -0.39 is 0 Å². The third kappa shape index (κ3) is 2.52. The van der Waals surface area contributed by atoms with Crippen molar-refractivity contribution in [3.63, 3.8) is 0 Å². The van der Waals surface area contributed by atoms with Gasteiger partial charge in [-0.2, -0.15) is 0 Å². The maximum Gasteiger partial charge on any atom is 0.0986 e. The van der Waals surface area contributed by atoms with Crippen molar-refractivity contribution < 1.29 is 9.47 Å². The fourth-order valence-electron chi connectivity index (χ4n) is 2.51. The summed E-state index contributed by atoms with van der Waals surface area (Å²) in [5, 5.41) is 3.66. The van der Waals surface area contributed by atoms with Gasteiger partial charge in [-0.15, -0.1) is 0 Å². The van der Waals surface area contributed by atoms with Crippen LogP contribution in [-0.4, -0.2) is 38.0 Å². The second kappa shape index (κ2) is 4.81. The lowest BCUT2D eigenvalue weighted by Gasteiger charge is -2.44. The Labute approximate surface area is 92.5 Å². The first-order valence-corrected chi connectivity index (χ1v) is 6.16. The minimum atomic E-state index is 0.256. The normalized spacial score (nSPS) is 37.4. The molecule has 0 aliphatic heterocycles. The highest BCUT2D eigenvalue weighted by atomic mass is 16.5. The summed E-state index contributed by atoms with van der Waals surface area (Å²) >= 11 is 0. The predicted molar refractivity (Wildman–Crippen MR) is 59.9 cm³/mol. The molecule has 0 spiro atoms. The van der Waals surface area contributed by atoms with E-state index in [1.807, 2.05) is 6.92 Å². The van der Waals surface area contributed by atoms with E-state index in [1.54, 1.807) is 7.11 Å². The van der Waals surface area contributed by atoms with Crippen LogP contribution in [0.15, 0.2) is 0 Å². The van der Waals surface area contributed by atoms with Crippen LogP contribution in [0.2, 0.25) is 0 Å². The Hall–Kier alpha value is -0.120. The molecular weight excluding hydrogens is 190 g/mol. The predicted octanol–water partition coefficient (Wildman–Crippen LogP) is 1.57. The van der Waals surface area contributed by atoms with E-state index in [0.717, 1.165) is 18.9 Å². The largest absolute Gasteiger partial charge is 0.377 e. The minimum Gasteiger partial charge on any atom is -0.377 e. The fraction of sp³-hybridized carbons (Fsp3) is 1.00. The van der Waals surface area contributed by atoms with Crippen molar-refractivity contribution in [3.05, 3.63) is 0 Å². The molecule has 0 aromatic rings. The van der Waals surface area contributed by atoms with Crippen LogP contribution in [0.5, 0.6) is 0 Å². The Kier molecular flexibility index (Phi) is 3.65. The topological polar surface area (TPSA) is 30.5 Å². The van der Waals surface area contributed by atoms with Crippen LogP contribution >= 0.6 is 0 Å². The molecular formula is C12H23NO2. The van der Waals surface area contributed by atoms with Gasteiger partial charge in [0.15, 0.2) is 0 Å². The maximum absolute atomic E-state index is 5.60. The zero-order chi connectivity index (χ0) is 10.8. The summed E-state index contributed by atoms with van der Waals surface area (Å²) in [5.74, 6) is 0.911. The first-order valence-electron chi connectivity index (χ1n) is 6.16. The summed E-state index contributed by atoms with van der Waals surface area (Å²) in [7, 11) is 1.78. The van der Waals surface area contributed by atoms with Crippen LogP contribution in [-0.2, 0) is 9.47 Å². The van der Waals surface area contributed by atoms with Gasteiger partial charge >= 0.3 is 0 Å². The fourth-order valence-corrected chi connectivity index (χ4v) is 2.51. The van der Waals surface area contributed by atoms with E-state index in [9.17, 15) is 0 Å². The summed E-state index contributed by atoms with van der Waals surface area (Å²) < 4.78 is 11.1. The van der Waals surface area contributed by atoms with Crippen LogP contribution in [0.1, 0.15) is 33.1 Å². The van der Waals surface area contributed by atoms with Crippen molar-refractivity contribution in [2.75, 3.05) is 13.7 Å². The molecule has 4 unspecified atom stereocenters. The monoisotopic (exact) mass is 213 g/mol. The van der Waals surface area contributed by atoms with E-state index in [-0.39, 0.29) is 6.10 Å². The molecule has 1 N–H and O–H groups in total. The molecule has 2 rings (SSSR count). The first-order chi connectivity index (χ1) is 7.26. The second-order valence-electron chi connectivity index (χ2n) is 4.83. The van der Waals surface area contributed by atoms with Gasteiger partial charge < -0.3 is 14.8 Å². The smallest absolute Gasteiger partial charge is 0.0986 e. The van der Waals surface area contributed by atoms with Gasteiger partial charge in [-0.3, -0.25) is 0 Å². The van der Waals surface area contributed by atoms with Crippen LogP contribution in [0.25, 0.3) is 0 Å². The van der Waals surface area contributed by atoms with Crippen molar-refractivity contribution >= 4 is 0 Å². The lowest BCUT2D eigenvalue weighted by molar-refractivity contribution is -0.133. The van der Waals surface area contributed by atoms with Gasteiger partial charge in [0.25, 0.3) is 0 Å². The Balaban J connectivity index is 1.74. The van der Waals surface area contributed by atoms with E-state index in [0.29, 0.717) is 18.2 Å². The van der Waals surface area contributed by atoms with E-state index >= 15 is 0 Å².